The maximum absolute atomic E-state index is 12.2. The first kappa shape index (κ1) is 13.8. The van der Waals surface area contributed by atoms with E-state index in [-0.39, 0.29) is 24.0 Å². The first-order valence-corrected chi connectivity index (χ1v) is 6.84. The minimum absolute atomic E-state index is 0.0620. The first-order chi connectivity index (χ1) is 8.72. The molecule has 2 heterocycles. The van der Waals surface area contributed by atoms with Crippen LogP contribution in [0.15, 0.2) is 0 Å². The summed E-state index contributed by atoms with van der Waals surface area (Å²) in [7, 11) is 1.69. The minimum Gasteiger partial charge on any atom is -0.381 e. The second-order valence-corrected chi connectivity index (χ2v) is 5.29. The Labute approximate surface area is 109 Å². The summed E-state index contributed by atoms with van der Waals surface area (Å²) in [5.41, 5.74) is 0. The van der Waals surface area contributed by atoms with Crippen LogP contribution < -0.4 is 10.6 Å². The number of rotatable bonds is 4. The van der Waals surface area contributed by atoms with E-state index in [0.29, 0.717) is 5.92 Å². The Bertz CT molecular complexity index is 279. The third-order valence-electron chi connectivity index (χ3n) is 4.18. The van der Waals surface area contributed by atoms with E-state index in [9.17, 15) is 4.79 Å². The van der Waals surface area contributed by atoms with E-state index in [1.165, 1.54) is 0 Å². The Balaban J connectivity index is 1.82. The van der Waals surface area contributed by atoms with Crippen LogP contribution in [0.5, 0.6) is 0 Å². The summed E-state index contributed by atoms with van der Waals surface area (Å²) in [6, 6.07) is 0.102. The smallest absolute Gasteiger partial charge is 0.223 e. The van der Waals surface area contributed by atoms with E-state index in [1.54, 1.807) is 7.11 Å². The average molecular weight is 256 g/mol. The molecule has 0 aromatic heterocycles. The lowest BCUT2D eigenvalue weighted by Crippen LogP contribution is -2.47. The number of amides is 1. The fourth-order valence-corrected chi connectivity index (χ4v) is 2.79. The molecule has 2 fully saturated rings. The molecule has 0 aliphatic carbocycles. The van der Waals surface area contributed by atoms with Crippen molar-refractivity contribution in [2.24, 2.45) is 11.8 Å². The van der Waals surface area contributed by atoms with Crippen molar-refractivity contribution in [3.63, 3.8) is 0 Å². The summed E-state index contributed by atoms with van der Waals surface area (Å²) >= 11 is 0. The van der Waals surface area contributed by atoms with Crippen LogP contribution in [-0.4, -0.2) is 51.5 Å². The Morgan fingerprint density at radius 1 is 1.39 bits per heavy atom. The second kappa shape index (κ2) is 6.50. The third-order valence-corrected chi connectivity index (χ3v) is 4.18. The monoisotopic (exact) mass is 256 g/mol. The van der Waals surface area contributed by atoms with E-state index in [2.05, 4.69) is 10.6 Å². The Morgan fingerprint density at radius 3 is 2.78 bits per heavy atom. The number of nitrogens with one attached hydrogen (secondary N) is 2. The number of ether oxygens (including phenoxy) is 2. The quantitative estimate of drug-likeness (QED) is 0.752. The van der Waals surface area contributed by atoms with Gasteiger partial charge in [-0.3, -0.25) is 4.79 Å². The Morgan fingerprint density at radius 2 is 2.11 bits per heavy atom. The molecular weight excluding hydrogens is 232 g/mol. The van der Waals surface area contributed by atoms with E-state index in [0.717, 1.165) is 39.1 Å². The standard InChI is InChI=1S/C13H24N2O3/c1-9(10-3-5-18-6-4-10)13(16)15-11-7-14-8-12(11)17-2/h9-12,14H,3-8H2,1-2H3,(H,15,16)/t9-,11+,12+/m1/s1. The molecule has 0 aromatic carbocycles. The van der Waals surface area contributed by atoms with Crippen LogP contribution in [-0.2, 0) is 14.3 Å². The molecule has 18 heavy (non-hydrogen) atoms. The average Bonchev–Trinajstić information content (AvgIpc) is 2.86. The van der Waals surface area contributed by atoms with Crippen molar-refractivity contribution in [3.05, 3.63) is 0 Å². The largest absolute Gasteiger partial charge is 0.381 e. The minimum atomic E-state index is 0.0620. The molecule has 1 amide bonds. The number of methoxy groups -OCH3 is 1. The summed E-state index contributed by atoms with van der Waals surface area (Å²) in [6.45, 7) is 5.20. The number of carbonyl (C=O) groups excluding carboxylic acids is 1. The predicted molar refractivity (Wildman–Crippen MR) is 68.3 cm³/mol. The van der Waals surface area contributed by atoms with Crippen molar-refractivity contribution in [2.45, 2.75) is 31.9 Å². The molecule has 2 saturated heterocycles. The summed E-state index contributed by atoms with van der Waals surface area (Å²) in [4.78, 5) is 12.2. The molecular formula is C13H24N2O3. The molecule has 2 rings (SSSR count). The first-order valence-electron chi connectivity index (χ1n) is 6.84. The zero-order chi connectivity index (χ0) is 13.0. The van der Waals surface area contributed by atoms with Gasteiger partial charge in [0.15, 0.2) is 0 Å². The van der Waals surface area contributed by atoms with E-state index in [4.69, 9.17) is 9.47 Å². The maximum Gasteiger partial charge on any atom is 0.223 e. The highest BCUT2D eigenvalue weighted by molar-refractivity contribution is 5.79. The normalized spacial score (nSPS) is 31.2. The molecule has 0 saturated carbocycles. The topological polar surface area (TPSA) is 59.6 Å². The van der Waals surface area contributed by atoms with E-state index in [1.807, 2.05) is 6.92 Å². The van der Waals surface area contributed by atoms with Crippen LogP contribution in [0.4, 0.5) is 0 Å². The lowest BCUT2D eigenvalue weighted by Gasteiger charge is -2.28. The highest BCUT2D eigenvalue weighted by Crippen LogP contribution is 2.23. The van der Waals surface area contributed by atoms with Crippen molar-refractivity contribution in [2.75, 3.05) is 33.4 Å². The van der Waals surface area contributed by atoms with Gasteiger partial charge in [0, 0.05) is 39.3 Å². The molecule has 0 unspecified atom stereocenters. The Kier molecular flexibility index (Phi) is 4.97. The van der Waals surface area contributed by atoms with Gasteiger partial charge in [-0.25, -0.2) is 0 Å². The number of carbonyl (C=O) groups is 1. The van der Waals surface area contributed by atoms with Crippen molar-refractivity contribution in [1.82, 2.24) is 10.6 Å². The molecule has 3 atom stereocenters. The lowest BCUT2D eigenvalue weighted by molar-refractivity contribution is -0.128. The Hall–Kier alpha value is -0.650. The van der Waals surface area contributed by atoms with Gasteiger partial charge >= 0.3 is 0 Å². The highest BCUT2D eigenvalue weighted by atomic mass is 16.5. The SMILES string of the molecule is CO[C@H]1CNC[C@@H]1NC(=O)[C@H](C)C1CCOCC1. The van der Waals surface area contributed by atoms with E-state index >= 15 is 0 Å². The molecule has 5 heteroatoms. The zero-order valence-corrected chi connectivity index (χ0v) is 11.3. The molecule has 2 aliphatic heterocycles. The molecule has 0 aromatic rings. The summed E-state index contributed by atoms with van der Waals surface area (Å²) in [5, 5.41) is 6.35. The molecule has 0 bridgehead atoms. The van der Waals surface area contributed by atoms with Crippen LogP contribution >= 0.6 is 0 Å². The summed E-state index contributed by atoms with van der Waals surface area (Å²) in [6.07, 6.45) is 2.08. The molecule has 0 spiro atoms. The van der Waals surface area contributed by atoms with Crippen molar-refractivity contribution >= 4 is 5.91 Å². The van der Waals surface area contributed by atoms with Gasteiger partial charge in [0.1, 0.15) is 0 Å². The van der Waals surface area contributed by atoms with Crippen molar-refractivity contribution in [3.8, 4) is 0 Å². The molecule has 5 nitrogen and oxygen atoms in total. The van der Waals surface area contributed by atoms with Crippen LogP contribution in [0.3, 0.4) is 0 Å². The van der Waals surface area contributed by atoms with E-state index < -0.39 is 0 Å². The fraction of sp³-hybridized carbons (Fsp3) is 0.923. The molecule has 2 aliphatic rings. The highest BCUT2D eigenvalue weighted by Gasteiger charge is 2.32. The lowest BCUT2D eigenvalue weighted by atomic mass is 9.86. The maximum atomic E-state index is 12.2. The van der Waals surface area contributed by atoms with Crippen LogP contribution in [0, 0.1) is 11.8 Å². The number of hydrogen-bond acceptors (Lipinski definition) is 4. The number of hydrogen-bond donors (Lipinski definition) is 2. The van der Waals surface area contributed by atoms with Crippen LogP contribution in [0.2, 0.25) is 0 Å². The van der Waals surface area contributed by atoms with Crippen molar-refractivity contribution < 1.29 is 14.3 Å². The van der Waals surface area contributed by atoms with Gasteiger partial charge in [-0.15, -0.1) is 0 Å². The predicted octanol–water partition coefficient (Wildman–Crippen LogP) is 0.152. The molecule has 2 N–H and O–H groups in total. The van der Waals surface area contributed by atoms with Crippen LogP contribution in [0.25, 0.3) is 0 Å². The van der Waals surface area contributed by atoms with Crippen molar-refractivity contribution in [1.29, 1.82) is 0 Å². The second-order valence-electron chi connectivity index (χ2n) is 5.29. The van der Waals surface area contributed by atoms with Gasteiger partial charge in [-0.2, -0.15) is 0 Å². The van der Waals surface area contributed by atoms with Gasteiger partial charge in [-0.1, -0.05) is 6.92 Å². The summed E-state index contributed by atoms with van der Waals surface area (Å²) < 4.78 is 10.7. The van der Waals surface area contributed by atoms with Crippen LogP contribution in [0.1, 0.15) is 19.8 Å². The fourth-order valence-electron chi connectivity index (χ4n) is 2.79. The molecule has 0 radical (unpaired) electrons. The molecule has 104 valence electrons. The van der Waals surface area contributed by atoms with Gasteiger partial charge in [-0.05, 0) is 18.8 Å². The van der Waals surface area contributed by atoms with Gasteiger partial charge in [0.2, 0.25) is 5.91 Å². The van der Waals surface area contributed by atoms with Gasteiger partial charge < -0.3 is 20.1 Å². The third kappa shape index (κ3) is 3.22. The van der Waals surface area contributed by atoms with Gasteiger partial charge in [0.25, 0.3) is 0 Å². The zero-order valence-electron chi connectivity index (χ0n) is 11.3. The van der Waals surface area contributed by atoms with Gasteiger partial charge in [0.05, 0.1) is 12.1 Å². The summed E-state index contributed by atoms with van der Waals surface area (Å²) in [5.74, 6) is 0.666.